The SMILES string of the molecule is C=C(CCC#N)C(=O)CC. The lowest BCUT2D eigenvalue weighted by atomic mass is 10.1. The van der Waals surface area contributed by atoms with E-state index in [0.717, 1.165) is 0 Å². The molecule has 0 aliphatic rings. The maximum absolute atomic E-state index is 10.8. The maximum Gasteiger partial charge on any atom is 0.158 e. The van der Waals surface area contributed by atoms with Crippen LogP contribution in [-0.4, -0.2) is 5.78 Å². The van der Waals surface area contributed by atoms with Gasteiger partial charge in [-0.15, -0.1) is 0 Å². The van der Waals surface area contributed by atoms with Gasteiger partial charge in [-0.2, -0.15) is 5.26 Å². The minimum Gasteiger partial charge on any atom is -0.295 e. The zero-order chi connectivity index (χ0) is 7.98. The van der Waals surface area contributed by atoms with Gasteiger partial charge in [0.25, 0.3) is 0 Å². The first kappa shape index (κ1) is 8.90. The molecule has 54 valence electrons. The van der Waals surface area contributed by atoms with Crippen molar-refractivity contribution in [3.8, 4) is 6.07 Å². The summed E-state index contributed by atoms with van der Waals surface area (Å²) in [5.74, 6) is 0.0650. The third-order valence-electron chi connectivity index (χ3n) is 1.25. The third kappa shape index (κ3) is 3.03. The van der Waals surface area contributed by atoms with E-state index in [4.69, 9.17) is 5.26 Å². The highest BCUT2D eigenvalue weighted by Gasteiger charge is 2.01. The Kier molecular flexibility index (Phi) is 4.23. The summed E-state index contributed by atoms with van der Waals surface area (Å²) < 4.78 is 0. The molecular formula is C8H11NO. The van der Waals surface area contributed by atoms with E-state index in [1.54, 1.807) is 6.92 Å². The van der Waals surface area contributed by atoms with E-state index in [9.17, 15) is 4.79 Å². The van der Waals surface area contributed by atoms with Gasteiger partial charge in [-0.1, -0.05) is 13.5 Å². The lowest BCUT2D eigenvalue weighted by Crippen LogP contribution is -1.98. The molecule has 2 heteroatoms. The van der Waals surface area contributed by atoms with E-state index in [-0.39, 0.29) is 5.78 Å². The van der Waals surface area contributed by atoms with Crippen LogP contribution >= 0.6 is 0 Å². The number of carbonyl (C=O) groups is 1. The molecule has 0 unspecified atom stereocenters. The van der Waals surface area contributed by atoms with Gasteiger partial charge in [-0.05, 0) is 12.0 Å². The van der Waals surface area contributed by atoms with E-state index < -0.39 is 0 Å². The van der Waals surface area contributed by atoms with Crippen LogP contribution in [-0.2, 0) is 4.79 Å². The van der Waals surface area contributed by atoms with Crippen LogP contribution in [0.1, 0.15) is 26.2 Å². The Labute approximate surface area is 61.2 Å². The molecule has 0 aliphatic carbocycles. The van der Waals surface area contributed by atoms with E-state index in [1.807, 2.05) is 6.07 Å². The highest BCUT2D eigenvalue weighted by Crippen LogP contribution is 2.04. The molecule has 0 aromatic rings. The molecule has 0 spiro atoms. The molecule has 0 saturated carbocycles. The summed E-state index contributed by atoms with van der Waals surface area (Å²) in [6.07, 6.45) is 1.40. The fourth-order valence-corrected chi connectivity index (χ4v) is 0.596. The molecule has 0 atom stereocenters. The number of allylic oxidation sites excluding steroid dienone is 1. The summed E-state index contributed by atoms with van der Waals surface area (Å²) in [6, 6.07) is 1.96. The summed E-state index contributed by atoms with van der Waals surface area (Å²) in [5.41, 5.74) is 0.573. The van der Waals surface area contributed by atoms with Crippen LogP contribution in [0.2, 0.25) is 0 Å². The van der Waals surface area contributed by atoms with Crippen molar-refractivity contribution in [1.29, 1.82) is 5.26 Å². The molecule has 0 aliphatic heterocycles. The number of hydrogen-bond acceptors (Lipinski definition) is 2. The zero-order valence-electron chi connectivity index (χ0n) is 6.18. The quantitative estimate of drug-likeness (QED) is 0.554. The van der Waals surface area contributed by atoms with Crippen molar-refractivity contribution in [2.45, 2.75) is 26.2 Å². The zero-order valence-corrected chi connectivity index (χ0v) is 6.18. The van der Waals surface area contributed by atoms with Crippen molar-refractivity contribution in [2.75, 3.05) is 0 Å². The summed E-state index contributed by atoms with van der Waals surface area (Å²) in [6.45, 7) is 5.35. The second-order valence-corrected chi connectivity index (χ2v) is 2.04. The van der Waals surface area contributed by atoms with Gasteiger partial charge in [-0.3, -0.25) is 4.79 Å². The fraction of sp³-hybridized carbons (Fsp3) is 0.500. The lowest BCUT2D eigenvalue weighted by molar-refractivity contribution is -0.115. The Balaban J connectivity index is 3.65. The van der Waals surface area contributed by atoms with Gasteiger partial charge in [0, 0.05) is 12.8 Å². The summed E-state index contributed by atoms with van der Waals surface area (Å²) in [4.78, 5) is 10.8. The Morgan fingerprint density at radius 3 is 2.70 bits per heavy atom. The molecule has 0 amide bonds. The van der Waals surface area contributed by atoms with Crippen molar-refractivity contribution in [2.24, 2.45) is 0 Å². The summed E-state index contributed by atoms with van der Waals surface area (Å²) in [5, 5.41) is 8.17. The van der Waals surface area contributed by atoms with Gasteiger partial charge < -0.3 is 0 Å². The van der Waals surface area contributed by atoms with Gasteiger partial charge >= 0.3 is 0 Å². The normalized spacial score (nSPS) is 8.40. The number of nitriles is 1. The van der Waals surface area contributed by atoms with Crippen LogP contribution in [0.5, 0.6) is 0 Å². The highest BCUT2D eigenvalue weighted by atomic mass is 16.1. The molecule has 0 rings (SSSR count). The van der Waals surface area contributed by atoms with Crippen molar-refractivity contribution >= 4 is 5.78 Å². The molecule has 0 aromatic carbocycles. The number of ketones is 1. The minimum atomic E-state index is 0.0650. The first-order chi connectivity index (χ1) is 4.72. The van der Waals surface area contributed by atoms with Crippen LogP contribution in [0, 0.1) is 11.3 Å². The largest absolute Gasteiger partial charge is 0.295 e. The summed E-state index contributed by atoms with van der Waals surface area (Å²) >= 11 is 0. The molecule has 0 saturated heterocycles. The van der Waals surface area contributed by atoms with Crippen LogP contribution in [0.25, 0.3) is 0 Å². The predicted molar refractivity (Wildman–Crippen MR) is 39.3 cm³/mol. The topological polar surface area (TPSA) is 40.9 Å². The van der Waals surface area contributed by atoms with E-state index >= 15 is 0 Å². The molecule has 0 fully saturated rings. The average molecular weight is 137 g/mol. The minimum absolute atomic E-state index is 0.0650. The monoisotopic (exact) mass is 137 g/mol. The molecule has 2 nitrogen and oxygen atoms in total. The second kappa shape index (κ2) is 4.75. The number of Topliss-reactive ketones (excluding diaryl/α,β-unsaturated/α-hetero) is 1. The Morgan fingerprint density at radius 1 is 1.70 bits per heavy atom. The number of hydrogen-bond donors (Lipinski definition) is 0. The number of carbonyl (C=O) groups excluding carboxylic acids is 1. The van der Waals surface area contributed by atoms with Gasteiger partial charge in [-0.25, -0.2) is 0 Å². The first-order valence-corrected chi connectivity index (χ1v) is 3.30. The number of rotatable bonds is 4. The average Bonchev–Trinajstić information content (AvgIpc) is 1.98. The number of nitrogens with zero attached hydrogens (tertiary/aromatic N) is 1. The van der Waals surface area contributed by atoms with Gasteiger partial charge in [0.05, 0.1) is 6.07 Å². The molecule has 0 bridgehead atoms. The lowest BCUT2D eigenvalue weighted by Gasteiger charge is -1.96. The predicted octanol–water partition coefficient (Wildman–Crippen LogP) is 1.83. The molecule has 0 radical (unpaired) electrons. The van der Waals surface area contributed by atoms with E-state index in [0.29, 0.717) is 24.8 Å². The smallest absolute Gasteiger partial charge is 0.158 e. The third-order valence-corrected chi connectivity index (χ3v) is 1.25. The molecule has 0 heterocycles. The van der Waals surface area contributed by atoms with Crippen LogP contribution in [0.15, 0.2) is 12.2 Å². The van der Waals surface area contributed by atoms with E-state index in [2.05, 4.69) is 6.58 Å². The van der Waals surface area contributed by atoms with Crippen molar-refractivity contribution in [1.82, 2.24) is 0 Å². The molecule has 10 heavy (non-hydrogen) atoms. The Morgan fingerprint density at radius 2 is 2.30 bits per heavy atom. The van der Waals surface area contributed by atoms with Crippen LogP contribution < -0.4 is 0 Å². The van der Waals surface area contributed by atoms with Gasteiger partial charge in [0.15, 0.2) is 5.78 Å². The van der Waals surface area contributed by atoms with E-state index in [1.165, 1.54) is 0 Å². The van der Waals surface area contributed by atoms with Crippen LogP contribution in [0.3, 0.4) is 0 Å². The fourth-order valence-electron chi connectivity index (χ4n) is 0.596. The highest BCUT2D eigenvalue weighted by molar-refractivity contribution is 5.94. The van der Waals surface area contributed by atoms with Gasteiger partial charge in [0.2, 0.25) is 0 Å². The maximum atomic E-state index is 10.8. The van der Waals surface area contributed by atoms with Crippen molar-refractivity contribution in [3.05, 3.63) is 12.2 Å². The van der Waals surface area contributed by atoms with Crippen molar-refractivity contribution < 1.29 is 4.79 Å². The molecule has 0 aromatic heterocycles. The first-order valence-electron chi connectivity index (χ1n) is 3.30. The van der Waals surface area contributed by atoms with Crippen LogP contribution in [0.4, 0.5) is 0 Å². The summed E-state index contributed by atoms with van der Waals surface area (Å²) in [7, 11) is 0. The Bertz CT molecular complexity index is 176. The second-order valence-electron chi connectivity index (χ2n) is 2.04. The van der Waals surface area contributed by atoms with Gasteiger partial charge in [0.1, 0.15) is 0 Å². The Hall–Kier alpha value is -1.10. The molecular weight excluding hydrogens is 126 g/mol. The van der Waals surface area contributed by atoms with Crippen molar-refractivity contribution in [3.63, 3.8) is 0 Å². The molecule has 0 N–H and O–H groups in total. The standard InChI is InChI=1S/C8H11NO/c1-3-8(10)7(2)5-4-6-9/h2-5H2,1H3.